The van der Waals surface area contributed by atoms with Crippen molar-refractivity contribution in [3.05, 3.63) is 95.6 Å². The van der Waals surface area contributed by atoms with Crippen LogP contribution >= 0.6 is 0 Å². The molecule has 0 unspecified atom stereocenters. The van der Waals surface area contributed by atoms with E-state index in [-0.39, 0.29) is 19.1 Å². The Labute approximate surface area is 264 Å². The number of hydrogen-bond donors (Lipinski definition) is 7. The lowest BCUT2D eigenvalue weighted by Gasteiger charge is -2.46. The third-order valence-corrected chi connectivity index (χ3v) is 8.21. The second-order valence-corrected chi connectivity index (χ2v) is 11.2. The molecule has 3 aromatic carbocycles. The number of hydrogen-bond acceptors (Lipinski definition) is 10. The maximum absolute atomic E-state index is 13.1. The van der Waals surface area contributed by atoms with Crippen LogP contribution in [0.5, 0.6) is 0 Å². The largest absolute Gasteiger partial charge is 0.477 e. The van der Waals surface area contributed by atoms with Crippen LogP contribution in [0.4, 0.5) is 4.79 Å². The van der Waals surface area contributed by atoms with Gasteiger partial charge in [-0.3, -0.25) is 4.79 Å². The lowest BCUT2D eigenvalue weighted by Crippen LogP contribution is -2.68. The van der Waals surface area contributed by atoms with E-state index in [1.165, 1.54) is 0 Å². The van der Waals surface area contributed by atoms with E-state index in [0.29, 0.717) is 0 Å². The molecule has 5 rings (SSSR count). The SMILES string of the molecule is O=C(CO[C@]1(C(=O)O)C[C@H](O)[C@@H](NC(=O)OCC2c3ccccc3-c3ccccc32)[C@H]([C@H](O)[C@H](O)CO)O1)NCc1ccccc1. The molecule has 0 saturated carbocycles. The Kier molecular flexibility index (Phi) is 10.3. The number of fused-ring (bicyclic) bond motifs is 3. The number of benzene rings is 3. The third-order valence-electron chi connectivity index (χ3n) is 8.21. The summed E-state index contributed by atoms with van der Waals surface area (Å²) in [6.07, 6.45) is -9.13. The van der Waals surface area contributed by atoms with Crippen LogP contribution < -0.4 is 10.6 Å². The van der Waals surface area contributed by atoms with Crippen molar-refractivity contribution in [1.82, 2.24) is 10.6 Å². The Bertz CT molecular complexity index is 1490. The van der Waals surface area contributed by atoms with Gasteiger partial charge in [-0.25, -0.2) is 9.59 Å². The molecule has 13 nitrogen and oxygen atoms in total. The Morgan fingerprint density at radius 2 is 1.54 bits per heavy atom. The van der Waals surface area contributed by atoms with E-state index in [9.17, 15) is 39.9 Å². The predicted octanol–water partition coefficient (Wildman–Crippen LogP) is 0.872. The fourth-order valence-corrected chi connectivity index (χ4v) is 5.85. The maximum Gasteiger partial charge on any atom is 0.407 e. The van der Waals surface area contributed by atoms with Crippen LogP contribution in [0.2, 0.25) is 0 Å². The van der Waals surface area contributed by atoms with Crippen molar-refractivity contribution in [1.29, 1.82) is 0 Å². The standard InChI is InChI=1S/C33H36N2O11/c36-16-26(38)29(40)30-28(35-32(43)44-17-24-22-12-6-4-10-20(22)21-11-5-7-13-23(21)24)25(37)14-33(46-30,31(41)42)45-18-27(39)34-15-19-8-2-1-3-9-19/h1-13,24-26,28-30,36-38,40H,14-18H2,(H,34,39)(H,35,43)(H,41,42)/t25-,26+,28+,29+,30+,33+/m0/s1. The van der Waals surface area contributed by atoms with Crippen molar-refractivity contribution in [2.75, 3.05) is 19.8 Å². The predicted molar refractivity (Wildman–Crippen MR) is 161 cm³/mol. The van der Waals surface area contributed by atoms with Crippen LogP contribution in [0.3, 0.4) is 0 Å². The summed E-state index contributed by atoms with van der Waals surface area (Å²) < 4.78 is 16.6. The van der Waals surface area contributed by atoms with Crippen LogP contribution in [-0.2, 0) is 30.3 Å². The molecule has 1 aliphatic heterocycles. The number of aliphatic hydroxyl groups is 4. The number of aliphatic carboxylic acids is 1. The number of amides is 2. The van der Waals surface area contributed by atoms with E-state index < -0.39 is 73.8 Å². The van der Waals surface area contributed by atoms with Crippen LogP contribution in [0.25, 0.3) is 11.1 Å². The van der Waals surface area contributed by atoms with Gasteiger partial charge >= 0.3 is 12.1 Å². The molecule has 7 N–H and O–H groups in total. The lowest BCUT2D eigenvalue weighted by atomic mass is 9.88. The van der Waals surface area contributed by atoms with E-state index in [4.69, 9.17) is 14.2 Å². The summed E-state index contributed by atoms with van der Waals surface area (Å²) in [5.41, 5.74) is 4.75. The topological polar surface area (TPSA) is 204 Å². The molecule has 2 amide bonds. The Morgan fingerprint density at radius 1 is 0.935 bits per heavy atom. The monoisotopic (exact) mass is 636 g/mol. The summed E-state index contributed by atoms with van der Waals surface area (Å²) in [6.45, 7) is -1.67. The van der Waals surface area contributed by atoms with Gasteiger partial charge in [0.2, 0.25) is 5.91 Å². The van der Waals surface area contributed by atoms with Gasteiger partial charge in [0.15, 0.2) is 0 Å². The minimum atomic E-state index is -2.65. The zero-order chi connectivity index (χ0) is 32.8. The number of ether oxygens (including phenoxy) is 3. The summed E-state index contributed by atoms with van der Waals surface area (Å²) in [7, 11) is 0. The average molecular weight is 637 g/mol. The Hall–Kier alpha value is -4.37. The van der Waals surface area contributed by atoms with E-state index >= 15 is 0 Å². The minimum Gasteiger partial charge on any atom is -0.477 e. The van der Waals surface area contributed by atoms with Crippen molar-refractivity contribution < 1.29 is 54.1 Å². The number of aliphatic hydroxyl groups excluding tert-OH is 4. The molecule has 46 heavy (non-hydrogen) atoms. The van der Waals surface area contributed by atoms with E-state index in [1.807, 2.05) is 54.6 Å². The average Bonchev–Trinajstić information content (AvgIpc) is 3.39. The van der Waals surface area contributed by atoms with Crippen molar-refractivity contribution in [3.63, 3.8) is 0 Å². The first-order chi connectivity index (χ1) is 22.1. The molecular weight excluding hydrogens is 600 g/mol. The smallest absolute Gasteiger partial charge is 0.407 e. The first-order valence-electron chi connectivity index (χ1n) is 14.8. The molecule has 1 heterocycles. The number of carboxylic acids is 1. The normalized spacial score (nSPS) is 23.4. The van der Waals surface area contributed by atoms with Crippen molar-refractivity contribution in [2.24, 2.45) is 0 Å². The third kappa shape index (κ3) is 7.04. The fourth-order valence-electron chi connectivity index (χ4n) is 5.85. The van der Waals surface area contributed by atoms with Gasteiger partial charge in [-0.15, -0.1) is 0 Å². The highest BCUT2D eigenvalue weighted by Gasteiger charge is 2.56. The summed E-state index contributed by atoms with van der Waals surface area (Å²) >= 11 is 0. The first-order valence-corrected chi connectivity index (χ1v) is 14.8. The van der Waals surface area contributed by atoms with Gasteiger partial charge in [0, 0.05) is 18.9 Å². The van der Waals surface area contributed by atoms with Gasteiger partial charge < -0.3 is 50.4 Å². The van der Waals surface area contributed by atoms with Gasteiger partial charge in [0.25, 0.3) is 5.79 Å². The molecule has 3 aromatic rings. The molecular formula is C33H36N2O11. The Morgan fingerprint density at radius 3 is 2.15 bits per heavy atom. The molecule has 0 bridgehead atoms. The second-order valence-electron chi connectivity index (χ2n) is 11.2. The molecule has 1 saturated heterocycles. The van der Waals surface area contributed by atoms with Crippen LogP contribution in [0, 0.1) is 0 Å². The molecule has 6 atom stereocenters. The van der Waals surface area contributed by atoms with Gasteiger partial charge in [0.1, 0.15) is 31.5 Å². The summed E-state index contributed by atoms with van der Waals surface area (Å²) in [4.78, 5) is 37.9. The minimum absolute atomic E-state index is 0.0731. The van der Waals surface area contributed by atoms with Crippen LogP contribution in [0.15, 0.2) is 78.9 Å². The van der Waals surface area contributed by atoms with Gasteiger partial charge in [0.05, 0.1) is 18.8 Å². The van der Waals surface area contributed by atoms with Gasteiger partial charge in [-0.1, -0.05) is 78.9 Å². The summed E-state index contributed by atoms with van der Waals surface area (Å²) in [6, 6.07) is 22.9. The second kappa shape index (κ2) is 14.4. The van der Waals surface area contributed by atoms with Gasteiger partial charge in [-0.2, -0.15) is 0 Å². The summed E-state index contributed by atoms with van der Waals surface area (Å²) in [5, 5.41) is 56.6. The number of rotatable bonds is 12. The highest BCUT2D eigenvalue weighted by Crippen LogP contribution is 2.44. The van der Waals surface area contributed by atoms with Crippen molar-refractivity contribution in [2.45, 2.75) is 55.1 Å². The fraction of sp³-hybridized carbons (Fsp3) is 0.364. The first kappa shape index (κ1) is 33.0. The number of carbonyl (C=O) groups excluding carboxylic acids is 2. The molecule has 0 aromatic heterocycles. The number of alkyl carbamates (subject to hydrolysis) is 1. The number of carboxylic acid groups (broad SMARTS) is 1. The summed E-state index contributed by atoms with van der Waals surface area (Å²) in [5.74, 6) is -5.33. The van der Waals surface area contributed by atoms with Crippen LogP contribution in [-0.4, -0.2) is 99.6 Å². The van der Waals surface area contributed by atoms with Crippen molar-refractivity contribution >= 4 is 18.0 Å². The maximum atomic E-state index is 13.1. The molecule has 2 aliphatic rings. The number of nitrogens with one attached hydrogen (secondary N) is 2. The lowest BCUT2D eigenvalue weighted by molar-refractivity contribution is -0.309. The van der Waals surface area contributed by atoms with E-state index in [0.717, 1.165) is 27.8 Å². The van der Waals surface area contributed by atoms with Crippen molar-refractivity contribution in [3.8, 4) is 11.1 Å². The van der Waals surface area contributed by atoms with Crippen LogP contribution in [0.1, 0.15) is 29.0 Å². The molecule has 1 aliphatic carbocycles. The highest BCUT2D eigenvalue weighted by molar-refractivity contribution is 5.80. The molecule has 1 fully saturated rings. The van der Waals surface area contributed by atoms with E-state index in [2.05, 4.69) is 10.6 Å². The zero-order valence-electron chi connectivity index (χ0n) is 24.7. The molecule has 0 radical (unpaired) electrons. The van der Waals surface area contributed by atoms with E-state index in [1.54, 1.807) is 24.3 Å². The zero-order valence-corrected chi connectivity index (χ0v) is 24.7. The quantitative estimate of drug-likeness (QED) is 0.149. The molecule has 0 spiro atoms. The molecule has 244 valence electrons. The molecule has 13 heteroatoms. The highest BCUT2D eigenvalue weighted by atomic mass is 16.7. The van der Waals surface area contributed by atoms with Gasteiger partial charge in [-0.05, 0) is 27.8 Å². The Balaban J connectivity index is 1.27. The number of carbonyl (C=O) groups is 3.